The molecule has 2 aromatic carbocycles. The Balaban J connectivity index is 2.25. The lowest BCUT2D eigenvalue weighted by molar-refractivity contribution is 0.433. The van der Waals surface area contributed by atoms with Crippen LogP contribution in [0.2, 0.25) is 5.15 Å². The molecule has 0 unspecified atom stereocenters. The third-order valence-electron chi connectivity index (χ3n) is 2.78. The lowest BCUT2D eigenvalue weighted by Gasteiger charge is -2.02. The van der Waals surface area contributed by atoms with Gasteiger partial charge in [-0.3, -0.25) is 0 Å². The van der Waals surface area contributed by atoms with E-state index in [1.54, 1.807) is 12.1 Å². The maximum absolute atomic E-state index is 13.3. The SMILES string of the molecule is Oc1ccc(-n2nc3cc(F)c(O)cc3c2Cl)cc1. The van der Waals surface area contributed by atoms with Crippen molar-refractivity contribution in [2.24, 2.45) is 0 Å². The fourth-order valence-electron chi connectivity index (χ4n) is 1.83. The fraction of sp³-hybridized carbons (Fsp3) is 0. The highest BCUT2D eigenvalue weighted by molar-refractivity contribution is 6.34. The zero-order chi connectivity index (χ0) is 13.6. The van der Waals surface area contributed by atoms with Crippen molar-refractivity contribution in [1.29, 1.82) is 0 Å². The molecule has 1 aromatic heterocycles. The second-order valence-electron chi connectivity index (χ2n) is 4.04. The Bertz CT molecular complexity index is 768. The first-order valence-corrected chi connectivity index (χ1v) is 5.80. The number of phenolic OH excluding ortho intramolecular Hbond substituents is 2. The van der Waals surface area contributed by atoms with Crippen molar-refractivity contribution in [3.63, 3.8) is 0 Å². The maximum atomic E-state index is 13.3. The molecular weight excluding hydrogens is 271 g/mol. The molecule has 6 heteroatoms. The number of phenols is 2. The first kappa shape index (κ1) is 11.8. The molecule has 96 valence electrons. The van der Waals surface area contributed by atoms with Crippen LogP contribution in [0.4, 0.5) is 4.39 Å². The molecule has 3 aromatic rings. The number of nitrogens with zero attached hydrogens (tertiary/aromatic N) is 2. The highest BCUT2D eigenvalue weighted by Gasteiger charge is 2.14. The largest absolute Gasteiger partial charge is 0.508 e. The molecule has 0 fully saturated rings. The summed E-state index contributed by atoms with van der Waals surface area (Å²) in [7, 11) is 0. The molecular formula is C13H8ClFN2O2. The number of fused-ring (bicyclic) bond motifs is 1. The van der Waals surface area contributed by atoms with E-state index >= 15 is 0 Å². The predicted octanol–water partition coefficient (Wildman–Crippen LogP) is 3.23. The maximum Gasteiger partial charge on any atom is 0.167 e. The number of halogens is 2. The lowest BCUT2D eigenvalue weighted by atomic mass is 10.2. The Morgan fingerprint density at radius 3 is 2.47 bits per heavy atom. The van der Waals surface area contributed by atoms with Gasteiger partial charge in [0.15, 0.2) is 11.6 Å². The van der Waals surface area contributed by atoms with Crippen molar-refractivity contribution in [1.82, 2.24) is 9.78 Å². The van der Waals surface area contributed by atoms with Gasteiger partial charge in [-0.05, 0) is 30.3 Å². The minimum atomic E-state index is -0.750. The number of rotatable bonds is 1. The number of aromatic nitrogens is 2. The first-order chi connectivity index (χ1) is 9.06. The van der Waals surface area contributed by atoms with Crippen LogP contribution in [0.1, 0.15) is 0 Å². The molecule has 0 spiro atoms. The third-order valence-corrected chi connectivity index (χ3v) is 3.14. The van der Waals surface area contributed by atoms with Crippen LogP contribution in [0.15, 0.2) is 36.4 Å². The molecule has 3 rings (SSSR count). The molecule has 0 atom stereocenters. The van der Waals surface area contributed by atoms with Gasteiger partial charge in [-0.15, -0.1) is 0 Å². The van der Waals surface area contributed by atoms with Crippen LogP contribution in [0.5, 0.6) is 11.5 Å². The highest BCUT2D eigenvalue weighted by atomic mass is 35.5. The van der Waals surface area contributed by atoms with Crippen LogP contribution in [0.3, 0.4) is 0 Å². The van der Waals surface area contributed by atoms with Crippen LogP contribution < -0.4 is 0 Å². The topological polar surface area (TPSA) is 58.3 Å². The number of hydrogen-bond donors (Lipinski definition) is 2. The predicted molar refractivity (Wildman–Crippen MR) is 69.4 cm³/mol. The van der Waals surface area contributed by atoms with Gasteiger partial charge < -0.3 is 10.2 Å². The summed E-state index contributed by atoms with van der Waals surface area (Å²) in [6, 6.07) is 8.60. The summed E-state index contributed by atoms with van der Waals surface area (Å²) in [5, 5.41) is 23.5. The molecule has 19 heavy (non-hydrogen) atoms. The molecule has 0 saturated heterocycles. The van der Waals surface area contributed by atoms with Gasteiger partial charge in [0.25, 0.3) is 0 Å². The summed E-state index contributed by atoms with van der Waals surface area (Å²) < 4.78 is 14.7. The van der Waals surface area contributed by atoms with Gasteiger partial charge in [0, 0.05) is 11.5 Å². The van der Waals surface area contributed by atoms with E-state index < -0.39 is 11.6 Å². The molecule has 0 aliphatic carbocycles. The van der Waals surface area contributed by atoms with E-state index in [2.05, 4.69) is 5.10 Å². The standard InChI is InChI=1S/C13H8ClFN2O2/c14-13-9-5-12(19)10(15)6-11(9)16-17(13)7-1-3-8(18)4-2-7/h1-6,18-19H. The minimum Gasteiger partial charge on any atom is -0.508 e. The van der Waals surface area contributed by atoms with Crippen molar-refractivity contribution >= 4 is 22.5 Å². The summed E-state index contributed by atoms with van der Waals surface area (Å²) in [4.78, 5) is 0. The third kappa shape index (κ3) is 1.88. The van der Waals surface area contributed by atoms with E-state index in [0.29, 0.717) is 16.6 Å². The van der Waals surface area contributed by atoms with Gasteiger partial charge in [0.1, 0.15) is 10.9 Å². The van der Waals surface area contributed by atoms with Gasteiger partial charge in [0.2, 0.25) is 0 Å². The molecule has 0 radical (unpaired) electrons. The summed E-state index contributed by atoms with van der Waals surface area (Å²) in [6.45, 7) is 0. The summed E-state index contributed by atoms with van der Waals surface area (Å²) >= 11 is 6.16. The zero-order valence-corrected chi connectivity index (χ0v) is 10.3. The molecule has 0 aliphatic rings. The van der Waals surface area contributed by atoms with Crippen LogP contribution in [-0.2, 0) is 0 Å². The van der Waals surface area contributed by atoms with E-state index in [4.69, 9.17) is 11.6 Å². The Hall–Kier alpha value is -2.27. The van der Waals surface area contributed by atoms with Crippen LogP contribution in [-0.4, -0.2) is 20.0 Å². The van der Waals surface area contributed by atoms with Crippen molar-refractivity contribution in [3.05, 3.63) is 47.4 Å². The van der Waals surface area contributed by atoms with E-state index in [1.165, 1.54) is 22.9 Å². The monoisotopic (exact) mass is 278 g/mol. The van der Waals surface area contributed by atoms with Crippen molar-refractivity contribution < 1.29 is 14.6 Å². The number of aromatic hydroxyl groups is 2. The van der Waals surface area contributed by atoms with Crippen molar-refractivity contribution in [2.75, 3.05) is 0 Å². The fourth-order valence-corrected chi connectivity index (χ4v) is 2.12. The molecule has 2 N–H and O–H groups in total. The van der Waals surface area contributed by atoms with E-state index in [9.17, 15) is 14.6 Å². The second kappa shape index (κ2) is 4.13. The Labute approximate surface area is 112 Å². The Morgan fingerprint density at radius 1 is 1.11 bits per heavy atom. The summed E-state index contributed by atoms with van der Waals surface area (Å²) in [6.07, 6.45) is 0. The quantitative estimate of drug-likeness (QED) is 0.718. The summed E-state index contributed by atoms with van der Waals surface area (Å²) in [5.74, 6) is -1.10. The van der Waals surface area contributed by atoms with Gasteiger partial charge in [-0.1, -0.05) is 11.6 Å². The van der Waals surface area contributed by atoms with E-state index in [-0.39, 0.29) is 10.9 Å². The lowest BCUT2D eigenvalue weighted by Crippen LogP contribution is -1.95. The second-order valence-corrected chi connectivity index (χ2v) is 4.40. The van der Waals surface area contributed by atoms with E-state index in [0.717, 1.165) is 6.07 Å². The summed E-state index contributed by atoms with van der Waals surface area (Å²) in [5.41, 5.74) is 0.965. The molecule has 0 amide bonds. The minimum absolute atomic E-state index is 0.125. The average molecular weight is 279 g/mol. The van der Waals surface area contributed by atoms with E-state index in [1.807, 2.05) is 0 Å². The first-order valence-electron chi connectivity index (χ1n) is 5.42. The number of benzene rings is 2. The molecule has 0 bridgehead atoms. The molecule has 4 nitrogen and oxygen atoms in total. The van der Waals surface area contributed by atoms with Crippen molar-refractivity contribution in [3.8, 4) is 17.2 Å². The Morgan fingerprint density at radius 2 is 1.79 bits per heavy atom. The molecule has 0 saturated carbocycles. The average Bonchev–Trinajstić information content (AvgIpc) is 2.69. The zero-order valence-electron chi connectivity index (χ0n) is 9.51. The van der Waals surface area contributed by atoms with Gasteiger partial charge in [-0.25, -0.2) is 9.07 Å². The van der Waals surface area contributed by atoms with Crippen LogP contribution in [0.25, 0.3) is 16.6 Å². The number of hydrogen-bond acceptors (Lipinski definition) is 3. The van der Waals surface area contributed by atoms with Crippen LogP contribution in [0, 0.1) is 5.82 Å². The van der Waals surface area contributed by atoms with Gasteiger partial charge in [-0.2, -0.15) is 5.10 Å². The van der Waals surface area contributed by atoms with Gasteiger partial charge >= 0.3 is 0 Å². The molecule has 1 heterocycles. The van der Waals surface area contributed by atoms with Gasteiger partial charge in [0.05, 0.1) is 11.2 Å². The smallest absolute Gasteiger partial charge is 0.167 e. The Kier molecular flexibility index (Phi) is 2.57. The van der Waals surface area contributed by atoms with Crippen molar-refractivity contribution in [2.45, 2.75) is 0 Å². The van der Waals surface area contributed by atoms with Crippen LogP contribution >= 0.6 is 11.6 Å². The highest BCUT2D eigenvalue weighted by Crippen LogP contribution is 2.31. The molecule has 0 aliphatic heterocycles. The normalized spacial score (nSPS) is 11.1.